The first-order valence-corrected chi connectivity index (χ1v) is 4.95. The monoisotopic (exact) mass is 232 g/mol. The summed E-state index contributed by atoms with van der Waals surface area (Å²) in [5.74, 6) is 0.483. The van der Waals surface area contributed by atoms with Crippen LogP contribution in [0.1, 0.15) is 5.56 Å². The molecule has 2 N–H and O–H groups in total. The second-order valence-electron chi connectivity index (χ2n) is 3.59. The molecule has 2 heterocycles. The summed E-state index contributed by atoms with van der Waals surface area (Å²) < 4.78 is 10.4. The van der Waals surface area contributed by atoms with E-state index >= 15 is 0 Å². The zero-order valence-electron chi connectivity index (χ0n) is 8.64. The van der Waals surface area contributed by atoms with Crippen LogP contribution < -0.4 is 10.1 Å². The van der Waals surface area contributed by atoms with Crippen molar-refractivity contribution < 1.29 is 19.2 Å². The molecule has 0 spiro atoms. The lowest BCUT2D eigenvalue weighted by molar-refractivity contribution is 0.209. The average molecular weight is 232 g/mol. The number of nitrogens with zero attached hydrogens (tertiary/aromatic N) is 1. The molecule has 3 rings (SSSR count). The molecule has 0 fully saturated rings. The van der Waals surface area contributed by atoms with Crippen LogP contribution in [0.3, 0.4) is 0 Å². The molecule has 0 unspecified atom stereocenters. The number of hydrogen-bond acceptors (Lipinski definition) is 4. The highest BCUT2D eigenvalue weighted by molar-refractivity contribution is 5.89. The Kier molecular flexibility index (Phi) is 2.01. The van der Waals surface area contributed by atoms with Crippen LogP contribution in [-0.2, 0) is 6.61 Å². The van der Waals surface area contributed by atoms with E-state index < -0.39 is 6.09 Å². The summed E-state index contributed by atoms with van der Waals surface area (Å²) in [6.07, 6.45) is 0.392. The van der Waals surface area contributed by atoms with Gasteiger partial charge in [0.05, 0.1) is 11.3 Å². The molecule has 0 aliphatic carbocycles. The fourth-order valence-corrected chi connectivity index (χ4v) is 1.82. The van der Waals surface area contributed by atoms with Crippen LogP contribution in [0.5, 0.6) is 5.75 Å². The number of fused-ring (bicyclic) bond motifs is 3. The van der Waals surface area contributed by atoms with Gasteiger partial charge in [-0.25, -0.2) is 4.79 Å². The smallest absolute Gasteiger partial charge is 0.409 e. The minimum atomic E-state index is -1.13. The van der Waals surface area contributed by atoms with Gasteiger partial charge in [0.15, 0.2) is 5.75 Å². The van der Waals surface area contributed by atoms with Crippen molar-refractivity contribution in [3.63, 3.8) is 0 Å². The van der Waals surface area contributed by atoms with E-state index in [1.54, 1.807) is 12.1 Å². The summed E-state index contributed by atoms with van der Waals surface area (Å²) in [7, 11) is 0. The van der Waals surface area contributed by atoms with Crippen molar-refractivity contribution in [2.45, 2.75) is 6.61 Å². The Morgan fingerprint density at radius 2 is 2.35 bits per heavy atom. The second kappa shape index (κ2) is 3.51. The molecule has 2 aromatic rings. The highest BCUT2D eigenvalue weighted by Gasteiger charge is 2.23. The molecular weight excluding hydrogens is 224 g/mol. The van der Waals surface area contributed by atoms with E-state index in [1.807, 2.05) is 6.07 Å². The van der Waals surface area contributed by atoms with Crippen molar-refractivity contribution >= 4 is 11.8 Å². The molecule has 0 atom stereocenters. The lowest BCUT2D eigenvalue weighted by atomic mass is 10.0. The van der Waals surface area contributed by atoms with Crippen molar-refractivity contribution in [1.82, 2.24) is 5.16 Å². The average Bonchev–Trinajstić information content (AvgIpc) is 2.76. The van der Waals surface area contributed by atoms with Crippen molar-refractivity contribution in [2.75, 3.05) is 5.32 Å². The Morgan fingerprint density at radius 3 is 3.18 bits per heavy atom. The minimum Gasteiger partial charge on any atom is -0.486 e. The number of benzene rings is 1. The van der Waals surface area contributed by atoms with Crippen LogP contribution in [0.15, 0.2) is 29.0 Å². The van der Waals surface area contributed by atoms with Crippen LogP contribution >= 0.6 is 0 Å². The first-order valence-electron chi connectivity index (χ1n) is 4.95. The number of amides is 1. The number of carboxylic acid groups (broad SMARTS) is 1. The van der Waals surface area contributed by atoms with Gasteiger partial charge in [-0.15, -0.1) is 0 Å². The second-order valence-corrected chi connectivity index (χ2v) is 3.59. The van der Waals surface area contributed by atoms with Gasteiger partial charge < -0.3 is 14.4 Å². The molecule has 17 heavy (non-hydrogen) atoms. The minimum absolute atomic E-state index is 0.324. The molecule has 6 nitrogen and oxygen atoms in total. The third-order valence-corrected chi connectivity index (χ3v) is 2.53. The first-order chi connectivity index (χ1) is 8.25. The zero-order chi connectivity index (χ0) is 11.8. The topological polar surface area (TPSA) is 84.6 Å². The highest BCUT2D eigenvalue weighted by atomic mass is 16.5. The molecule has 0 saturated carbocycles. The maximum atomic E-state index is 10.6. The normalized spacial score (nSPS) is 12.2. The van der Waals surface area contributed by atoms with E-state index in [9.17, 15) is 4.79 Å². The Morgan fingerprint density at radius 1 is 1.47 bits per heavy atom. The third-order valence-electron chi connectivity index (χ3n) is 2.53. The summed E-state index contributed by atoms with van der Waals surface area (Å²) >= 11 is 0. The summed E-state index contributed by atoms with van der Waals surface area (Å²) in [6.45, 7) is 0.324. The fraction of sp³-hybridized carbons (Fsp3) is 0.0909. The molecule has 1 aliphatic heterocycles. The van der Waals surface area contributed by atoms with Gasteiger partial charge in [-0.1, -0.05) is 11.2 Å². The molecule has 1 aliphatic rings. The number of rotatable bonds is 1. The lowest BCUT2D eigenvalue weighted by Crippen LogP contribution is -2.11. The van der Waals surface area contributed by atoms with Gasteiger partial charge in [0.25, 0.3) is 0 Å². The standard InChI is InChI=1S/C11H8N2O4/c14-11(15)12-8-3-1-2-7-9-6(5-17-13-9)4-16-10(7)8/h1-3,5,12H,4H2,(H,14,15). The number of nitrogens with one attached hydrogen (secondary N) is 1. The number of aromatic nitrogens is 1. The number of anilines is 1. The van der Waals surface area contributed by atoms with E-state index in [4.69, 9.17) is 14.4 Å². The maximum Gasteiger partial charge on any atom is 0.409 e. The SMILES string of the molecule is O=C(O)Nc1cccc2c1OCc1conc1-2. The van der Waals surface area contributed by atoms with Crippen LogP contribution in [0.2, 0.25) is 0 Å². The molecule has 0 saturated heterocycles. The molecule has 1 aromatic heterocycles. The van der Waals surface area contributed by atoms with Crippen molar-refractivity contribution in [3.8, 4) is 17.0 Å². The number of carbonyl (C=O) groups is 1. The molecule has 86 valence electrons. The number of hydrogen-bond donors (Lipinski definition) is 2. The number of ether oxygens (including phenoxy) is 1. The summed E-state index contributed by atoms with van der Waals surface area (Å²) in [5, 5.41) is 14.9. The van der Waals surface area contributed by atoms with Gasteiger partial charge in [0.1, 0.15) is 18.6 Å². The quantitative estimate of drug-likeness (QED) is 0.788. The van der Waals surface area contributed by atoms with Crippen molar-refractivity contribution in [2.24, 2.45) is 0 Å². The largest absolute Gasteiger partial charge is 0.486 e. The van der Waals surface area contributed by atoms with Crippen molar-refractivity contribution in [1.29, 1.82) is 0 Å². The third kappa shape index (κ3) is 1.50. The Balaban J connectivity index is 2.14. The summed E-state index contributed by atoms with van der Waals surface area (Å²) in [4.78, 5) is 10.6. The van der Waals surface area contributed by atoms with E-state index in [1.165, 1.54) is 6.26 Å². The van der Waals surface area contributed by atoms with Gasteiger partial charge in [0, 0.05) is 5.56 Å². The van der Waals surface area contributed by atoms with Crippen LogP contribution in [-0.4, -0.2) is 16.4 Å². The van der Waals surface area contributed by atoms with E-state index in [-0.39, 0.29) is 0 Å². The Bertz CT molecular complexity index is 591. The predicted molar refractivity (Wildman–Crippen MR) is 57.9 cm³/mol. The molecule has 0 radical (unpaired) electrons. The van der Waals surface area contributed by atoms with Crippen LogP contribution in [0, 0.1) is 0 Å². The molecular formula is C11H8N2O4. The van der Waals surface area contributed by atoms with E-state index in [0.717, 1.165) is 11.1 Å². The maximum absolute atomic E-state index is 10.6. The lowest BCUT2D eigenvalue weighted by Gasteiger charge is -2.18. The van der Waals surface area contributed by atoms with Crippen LogP contribution in [0.4, 0.5) is 10.5 Å². The van der Waals surface area contributed by atoms with Gasteiger partial charge in [0.2, 0.25) is 0 Å². The summed E-state index contributed by atoms with van der Waals surface area (Å²) in [6, 6.07) is 5.18. The highest BCUT2D eigenvalue weighted by Crippen LogP contribution is 2.41. The Hall–Kier alpha value is -2.50. The van der Waals surface area contributed by atoms with Gasteiger partial charge >= 0.3 is 6.09 Å². The van der Waals surface area contributed by atoms with Crippen molar-refractivity contribution in [3.05, 3.63) is 30.0 Å². The van der Waals surface area contributed by atoms with E-state index in [2.05, 4.69) is 10.5 Å². The molecule has 1 amide bonds. The van der Waals surface area contributed by atoms with Crippen LogP contribution in [0.25, 0.3) is 11.3 Å². The zero-order valence-corrected chi connectivity index (χ0v) is 8.64. The van der Waals surface area contributed by atoms with E-state index in [0.29, 0.717) is 23.7 Å². The molecule has 6 heteroatoms. The predicted octanol–water partition coefficient (Wildman–Crippen LogP) is 2.32. The molecule has 0 bridgehead atoms. The summed E-state index contributed by atoms with van der Waals surface area (Å²) in [5.41, 5.74) is 2.68. The first kappa shape index (κ1) is 9.71. The Labute approximate surface area is 95.8 Å². The molecule has 1 aromatic carbocycles. The number of para-hydroxylation sites is 1. The van der Waals surface area contributed by atoms with Gasteiger partial charge in [-0.3, -0.25) is 5.32 Å². The van der Waals surface area contributed by atoms with Gasteiger partial charge in [-0.05, 0) is 12.1 Å². The fourth-order valence-electron chi connectivity index (χ4n) is 1.82. The van der Waals surface area contributed by atoms with Gasteiger partial charge in [-0.2, -0.15) is 0 Å².